The van der Waals surface area contributed by atoms with Crippen LogP contribution in [0.4, 0.5) is 5.69 Å². The highest BCUT2D eigenvalue weighted by molar-refractivity contribution is 6.28. The van der Waals surface area contributed by atoms with Gasteiger partial charge in [-0.15, -0.1) is 0 Å². The number of nitrogens with zero attached hydrogens (tertiary/aromatic N) is 3. The van der Waals surface area contributed by atoms with Crippen LogP contribution < -0.4 is 16.4 Å². The predicted molar refractivity (Wildman–Crippen MR) is 147 cm³/mol. The molecule has 3 unspecified atom stereocenters. The first kappa shape index (κ1) is 26.8. The van der Waals surface area contributed by atoms with Gasteiger partial charge in [0.1, 0.15) is 22.8 Å². The molecule has 1 aliphatic heterocycles. The zero-order chi connectivity index (χ0) is 28.9. The molecule has 4 aliphatic carbocycles. The number of allylic oxidation sites excluding steroid dienone is 1. The van der Waals surface area contributed by atoms with Crippen LogP contribution >= 0.6 is 0 Å². The maximum Gasteiger partial charge on any atom is 0.255 e. The molecule has 5 aliphatic rings. The molecular formula is C29H37N5O6. The molecule has 2 saturated carbocycles. The zero-order valence-corrected chi connectivity index (χ0v) is 23.2. The van der Waals surface area contributed by atoms with E-state index in [0.717, 1.165) is 24.3 Å². The van der Waals surface area contributed by atoms with Crippen molar-refractivity contribution in [1.82, 2.24) is 9.80 Å². The Labute approximate surface area is 232 Å². The maximum atomic E-state index is 14.0. The number of hydrogen-bond donors (Lipinski definition) is 5. The summed E-state index contributed by atoms with van der Waals surface area (Å²) in [5.41, 5.74) is 13.5. The van der Waals surface area contributed by atoms with Crippen molar-refractivity contribution in [1.29, 1.82) is 0 Å². The molecule has 1 aromatic carbocycles. The number of benzene rings is 1. The van der Waals surface area contributed by atoms with Gasteiger partial charge >= 0.3 is 0 Å². The lowest BCUT2D eigenvalue weighted by Gasteiger charge is -2.46. The van der Waals surface area contributed by atoms with Gasteiger partial charge in [-0.05, 0) is 62.2 Å². The SMILES string of the molecule is CN(C)c1cc(CN2CC3C(N)C3C2)c(O)c2c1C[C@H]1C[C@@H]3C(C(=O)C(C(N)=O)=C(O)[C@H]3N(C)C)C(=O)C1=C2O. The summed E-state index contributed by atoms with van der Waals surface area (Å²) >= 11 is 0. The van der Waals surface area contributed by atoms with Gasteiger partial charge in [0.15, 0.2) is 11.6 Å². The van der Waals surface area contributed by atoms with Crippen molar-refractivity contribution in [3.63, 3.8) is 0 Å². The maximum absolute atomic E-state index is 14.0. The van der Waals surface area contributed by atoms with Crippen molar-refractivity contribution in [3.05, 3.63) is 39.7 Å². The Morgan fingerprint density at radius 2 is 1.70 bits per heavy atom. The number of ketones is 2. The molecule has 40 heavy (non-hydrogen) atoms. The molecule has 0 aromatic heterocycles. The van der Waals surface area contributed by atoms with Crippen molar-refractivity contribution in [2.45, 2.75) is 31.5 Å². The second kappa shape index (κ2) is 9.05. The van der Waals surface area contributed by atoms with Crippen LogP contribution in [0.5, 0.6) is 5.75 Å². The molecule has 1 amide bonds. The largest absolute Gasteiger partial charge is 0.510 e. The van der Waals surface area contributed by atoms with Crippen LogP contribution in [-0.4, -0.2) is 96.0 Å². The number of fused-ring (bicyclic) bond motifs is 4. The average molecular weight is 552 g/mol. The average Bonchev–Trinajstić information content (AvgIpc) is 3.24. The molecule has 1 aromatic rings. The zero-order valence-electron chi connectivity index (χ0n) is 23.2. The van der Waals surface area contributed by atoms with Gasteiger partial charge in [0.2, 0.25) is 0 Å². The third kappa shape index (κ3) is 3.71. The molecule has 6 atom stereocenters. The number of hydrogen-bond acceptors (Lipinski definition) is 10. The van der Waals surface area contributed by atoms with Crippen molar-refractivity contribution >= 4 is 28.9 Å². The Morgan fingerprint density at radius 3 is 2.27 bits per heavy atom. The predicted octanol–water partition coefficient (Wildman–Crippen LogP) is 0.304. The van der Waals surface area contributed by atoms with E-state index in [4.69, 9.17) is 11.5 Å². The van der Waals surface area contributed by atoms with Crippen molar-refractivity contribution in [2.75, 3.05) is 46.2 Å². The first-order valence-electron chi connectivity index (χ1n) is 13.8. The number of phenols is 1. The Morgan fingerprint density at radius 1 is 1.05 bits per heavy atom. The van der Waals surface area contributed by atoms with E-state index in [-0.39, 0.29) is 28.7 Å². The highest BCUT2D eigenvalue weighted by Gasteiger charge is 2.56. The number of aliphatic hydroxyl groups is 2. The number of phenolic OH excluding ortho intramolecular Hbond substituents is 1. The second-order valence-corrected chi connectivity index (χ2v) is 12.6. The normalized spacial score (nSPS) is 33.1. The summed E-state index contributed by atoms with van der Waals surface area (Å²) in [5.74, 6) is -4.64. The number of carbonyl (C=O) groups is 3. The summed E-state index contributed by atoms with van der Waals surface area (Å²) in [4.78, 5) is 45.4. The number of piperidine rings is 1. The van der Waals surface area contributed by atoms with Gasteiger partial charge in [-0.2, -0.15) is 0 Å². The van der Waals surface area contributed by atoms with Gasteiger partial charge in [0, 0.05) is 56.6 Å². The lowest BCUT2D eigenvalue weighted by molar-refractivity contribution is -0.136. The lowest BCUT2D eigenvalue weighted by Crippen LogP contribution is -2.55. The van der Waals surface area contributed by atoms with Crippen LogP contribution in [-0.2, 0) is 27.3 Å². The molecule has 1 saturated heterocycles. The molecule has 0 radical (unpaired) electrons. The summed E-state index contributed by atoms with van der Waals surface area (Å²) in [6.45, 7) is 2.20. The van der Waals surface area contributed by atoms with Gasteiger partial charge < -0.3 is 31.7 Å². The van der Waals surface area contributed by atoms with Crippen LogP contribution in [0, 0.1) is 29.6 Å². The fourth-order valence-corrected chi connectivity index (χ4v) is 7.92. The van der Waals surface area contributed by atoms with Crippen LogP contribution in [0.3, 0.4) is 0 Å². The van der Waals surface area contributed by atoms with Gasteiger partial charge in [-0.1, -0.05) is 0 Å². The smallest absolute Gasteiger partial charge is 0.255 e. The highest BCUT2D eigenvalue weighted by atomic mass is 16.3. The summed E-state index contributed by atoms with van der Waals surface area (Å²) in [6, 6.07) is 1.44. The number of nitrogens with two attached hydrogens (primary N) is 2. The number of primary amides is 1. The quantitative estimate of drug-likeness (QED) is 0.253. The second-order valence-electron chi connectivity index (χ2n) is 12.6. The molecule has 0 spiro atoms. The minimum atomic E-state index is -1.26. The first-order valence-corrected chi connectivity index (χ1v) is 13.8. The summed E-state index contributed by atoms with van der Waals surface area (Å²) in [7, 11) is 7.21. The fraction of sp³-hybridized carbons (Fsp3) is 0.552. The van der Waals surface area contributed by atoms with Gasteiger partial charge in [-0.25, -0.2) is 0 Å². The van der Waals surface area contributed by atoms with Crippen molar-refractivity contribution in [2.24, 2.45) is 41.1 Å². The number of likely N-dealkylation sites (tertiary alicyclic amines) is 1. The van der Waals surface area contributed by atoms with E-state index in [0.29, 0.717) is 36.8 Å². The summed E-state index contributed by atoms with van der Waals surface area (Å²) in [6.07, 6.45) is 0.696. The van der Waals surface area contributed by atoms with Crippen LogP contribution in [0.25, 0.3) is 5.76 Å². The molecule has 11 heteroatoms. The number of carbonyl (C=O) groups excluding carboxylic acids is 3. The Balaban J connectivity index is 1.44. The third-order valence-electron chi connectivity index (χ3n) is 9.83. The lowest BCUT2D eigenvalue weighted by atomic mass is 9.59. The number of anilines is 1. The van der Waals surface area contributed by atoms with E-state index in [9.17, 15) is 29.7 Å². The molecule has 3 fully saturated rings. The molecule has 214 valence electrons. The van der Waals surface area contributed by atoms with E-state index in [1.165, 1.54) is 0 Å². The molecular weight excluding hydrogens is 514 g/mol. The standard InChI is InChI=1S/C29H37N5O6/c1-32(2)17-7-12(8-34-9-15-16(10-34)22(15)30)24(35)19-13(17)5-11-6-14-20(26(37)18(11)25(19)36)27(38)21(29(31)40)28(39)23(14)33(3)4/h7,11,14-16,20,22-23,35-36,39H,5-6,8-10,30H2,1-4H3,(H2,31,40)/t11-,14+,15?,16?,20?,22?,23-/m0/s1. The number of Topliss-reactive ketones (excluding diaryl/α,β-unsaturated/α-hetero) is 2. The molecule has 11 nitrogen and oxygen atoms in total. The molecule has 1 heterocycles. The first-order chi connectivity index (χ1) is 18.8. The molecule has 0 bridgehead atoms. The minimum Gasteiger partial charge on any atom is -0.510 e. The van der Waals surface area contributed by atoms with Gasteiger partial charge in [-0.3, -0.25) is 24.2 Å². The van der Waals surface area contributed by atoms with Gasteiger partial charge in [0.25, 0.3) is 5.91 Å². The summed E-state index contributed by atoms with van der Waals surface area (Å²) < 4.78 is 0. The van der Waals surface area contributed by atoms with E-state index in [1.54, 1.807) is 19.0 Å². The Kier molecular flexibility index (Phi) is 6.06. The van der Waals surface area contributed by atoms with Crippen molar-refractivity contribution < 1.29 is 29.7 Å². The van der Waals surface area contributed by atoms with Crippen LogP contribution in [0.2, 0.25) is 0 Å². The van der Waals surface area contributed by atoms with Crippen molar-refractivity contribution in [3.8, 4) is 5.75 Å². The van der Waals surface area contributed by atoms with E-state index in [2.05, 4.69) is 4.90 Å². The highest BCUT2D eigenvalue weighted by Crippen LogP contribution is 2.53. The Bertz CT molecular complexity index is 1400. The number of rotatable bonds is 5. The number of aliphatic hydroxyl groups excluding tert-OH is 2. The van der Waals surface area contributed by atoms with E-state index >= 15 is 0 Å². The van der Waals surface area contributed by atoms with Gasteiger partial charge in [0.05, 0.1) is 17.5 Å². The number of likely N-dealkylation sites (N-methyl/N-ethyl adjacent to an activating group) is 1. The monoisotopic (exact) mass is 551 g/mol. The number of aromatic hydroxyl groups is 1. The van der Waals surface area contributed by atoms with E-state index in [1.807, 2.05) is 25.1 Å². The van der Waals surface area contributed by atoms with Crippen LogP contribution in [0.1, 0.15) is 23.1 Å². The fourth-order valence-electron chi connectivity index (χ4n) is 7.92. The van der Waals surface area contributed by atoms with E-state index < -0.39 is 52.6 Å². The summed E-state index contributed by atoms with van der Waals surface area (Å²) in [5, 5.41) is 34.0. The molecule has 6 rings (SSSR count). The van der Waals surface area contributed by atoms with Crippen LogP contribution in [0.15, 0.2) is 23.0 Å². The Hall–Kier alpha value is -3.41. The number of amides is 1. The minimum absolute atomic E-state index is 0.0691. The third-order valence-corrected chi connectivity index (χ3v) is 9.83. The topological polar surface area (TPSA) is 174 Å². The molecule has 7 N–H and O–H groups in total.